The van der Waals surface area contributed by atoms with E-state index in [0.717, 1.165) is 29.0 Å². The zero-order chi connectivity index (χ0) is 14.8. The zero-order valence-corrected chi connectivity index (χ0v) is 12.1. The molecule has 3 rings (SSSR count). The van der Waals surface area contributed by atoms with E-state index in [0.29, 0.717) is 5.69 Å². The molecule has 0 fully saturated rings. The van der Waals surface area contributed by atoms with Gasteiger partial charge in [-0.1, -0.05) is 31.2 Å². The molecular formula is C17H17N3O. The number of pyridine rings is 1. The van der Waals surface area contributed by atoms with Crippen molar-refractivity contribution < 1.29 is 4.79 Å². The zero-order valence-electron chi connectivity index (χ0n) is 12.1. The molecule has 2 aromatic heterocycles. The number of aromatic nitrogens is 2. The van der Waals surface area contributed by atoms with Gasteiger partial charge in [0.15, 0.2) is 0 Å². The normalized spacial score (nSPS) is 10.8. The quantitative estimate of drug-likeness (QED) is 0.798. The van der Waals surface area contributed by atoms with E-state index in [2.05, 4.69) is 10.3 Å². The third-order valence-electron chi connectivity index (χ3n) is 3.50. The van der Waals surface area contributed by atoms with Gasteiger partial charge >= 0.3 is 0 Å². The molecule has 0 unspecified atom stereocenters. The summed E-state index contributed by atoms with van der Waals surface area (Å²) in [5.41, 5.74) is 4.11. The molecule has 21 heavy (non-hydrogen) atoms. The molecule has 1 amide bonds. The lowest BCUT2D eigenvalue weighted by Crippen LogP contribution is -2.16. The van der Waals surface area contributed by atoms with Gasteiger partial charge in [0.05, 0.1) is 5.69 Å². The minimum Gasteiger partial charge on any atom is -0.321 e. The number of imidazole rings is 1. The molecule has 0 bridgehead atoms. The number of benzene rings is 1. The van der Waals surface area contributed by atoms with E-state index in [1.54, 1.807) is 0 Å². The first-order chi connectivity index (χ1) is 10.2. The van der Waals surface area contributed by atoms with Gasteiger partial charge in [0, 0.05) is 11.9 Å². The van der Waals surface area contributed by atoms with Crippen molar-refractivity contribution in [2.24, 2.45) is 0 Å². The molecule has 0 aliphatic heterocycles. The van der Waals surface area contributed by atoms with E-state index >= 15 is 0 Å². The molecule has 0 saturated carbocycles. The molecule has 3 aromatic rings. The average molecular weight is 279 g/mol. The minimum absolute atomic E-state index is 0.129. The van der Waals surface area contributed by atoms with Gasteiger partial charge in [0.2, 0.25) is 0 Å². The van der Waals surface area contributed by atoms with Crippen LogP contribution in [-0.4, -0.2) is 15.3 Å². The number of hydrogen-bond donors (Lipinski definition) is 1. The average Bonchev–Trinajstić information content (AvgIpc) is 2.88. The molecule has 1 aromatic carbocycles. The van der Waals surface area contributed by atoms with Crippen LogP contribution in [0.2, 0.25) is 0 Å². The lowest BCUT2D eigenvalue weighted by atomic mass is 10.2. The van der Waals surface area contributed by atoms with Crippen LogP contribution < -0.4 is 5.32 Å². The summed E-state index contributed by atoms with van der Waals surface area (Å²) >= 11 is 0. The smallest absolute Gasteiger partial charge is 0.274 e. The number of para-hydroxylation sites is 1. The monoisotopic (exact) mass is 279 g/mol. The fourth-order valence-corrected chi connectivity index (χ4v) is 2.45. The van der Waals surface area contributed by atoms with Crippen LogP contribution in [0.15, 0.2) is 48.7 Å². The van der Waals surface area contributed by atoms with E-state index < -0.39 is 0 Å². The Labute approximate surface area is 123 Å². The van der Waals surface area contributed by atoms with Crippen LogP contribution in [0.1, 0.15) is 28.7 Å². The Hall–Kier alpha value is -2.62. The maximum absolute atomic E-state index is 12.6. The second-order valence-corrected chi connectivity index (χ2v) is 4.97. The number of nitrogens with zero attached hydrogens (tertiary/aromatic N) is 2. The number of anilines is 1. The third-order valence-corrected chi connectivity index (χ3v) is 3.50. The van der Waals surface area contributed by atoms with E-state index in [-0.39, 0.29) is 5.91 Å². The number of nitrogens with one attached hydrogen (secondary N) is 1. The first-order valence-electron chi connectivity index (χ1n) is 7.03. The third kappa shape index (κ3) is 2.40. The molecule has 0 spiro atoms. The standard InChI is InChI=1S/C17H17N3O/c1-3-14-15(17(21)18-13-9-5-4-6-10-13)20-11-7-8-12(2)16(20)19-14/h4-11H,3H2,1-2H3,(H,18,21). The molecule has 106 valence electrons. The van der Waals surface area contributed by atoms with Crippen molar-refractivity contribution in [1.82, 2.24) is 9.38 Å². The van der Waals surface area contributed by atoms with Crippen LogP contribution in [0.3, 0.4) is 0 Å². The predicted molar refractivity (Wildman–Crippen MR) is 83.7 cm³/mol. The van der Waals surface area contributed by atoms with Gasteiger partial charge in [0.1, 0.15) is 11.3 Å². The maximum Gasteiger partial charge on any atom is 0.274 e. The number of fused-ring (bicyclic) bond motifs is 1. The molecule has 4 heteroatoms. The molecule has 0 saturated heterocycles. The number of hydrogen-bond acceptors (Lipinski definition) is 2. The fourth-order valence-electron chi connectivity index (χ4n) is 2.45. The van der Waals surface area contributed by atoms with E-state index in [4.69, 9.17) is 0 Å². The van der Waals surface area contributed by atoms with Gasteiger partial charge in [-0.15, -0.1) is 0 Å². The summed E-state index contributed by atoms with van der Waals surface area (Å²) in [6, 6.07) is 13.4. The predicted octanol–water partition coefficient (Wildman–Crippen LogP) is 3.46. The Balaban J connectivity index is 2.07. The van der Waals surface area contributed by atoms with Gasteiger partial charge in [-0.05, 0) is 37.1 Å². The summed E-state index contributed by atoms with van der Waals surface area (Å²) < 4.78 is 1.87. The van der Waals surface area contributed by atoms with Crippen LogP contribution in [0, 0.1) is 6.92 Å². The Morgan fingerprint density at radius 3 is 2.67 bits per heavy atom. The van der Waals surface area contributed by atoms with Crippen molar-refractivity contribution in [3.05, 3.63) is 65.6 Å². The van der Waals surface area contributed by atoms with Crippen LogP contribution in [0.4, 0.5) is 5.69 Å². The van der Waals surface area contributed by atoms with Crippen molar-refractivity contribution >= 4 is 17.2 Å². The summed E-state index contributed by atoms with van der Waals surface area (Å²) in [5, 5.41) is 2.93. The van der Waals surface area contributed by atoms with E-state index in [1.165, 1.54) is 0 Å². The van der Waals surface area contributed by atoms with Crippen molar-refractivity contribution in [2.45, 2.75) is 20.3 Å². The largest absolute Gasteiger partial charge is 0.321 e. The molecule has 4 nitrogen and oxygen atoms in total. The van der Waals surface area contributed by atoms with Crippen LogP contribution in [-0.2, 0) is 6.42 Å². The second kappa shape index (κ2) is 5.40. The van der Waals surface area contributed by atoms with Crippen LogP contribution in [0.25, 0.3) is 5.65 Å². The molecular weight excluding hydrogens is 262 g/mol. The summed E-state index contributed by atoms with van der Waals surface area (Å²) in [4.78, 5) is 17.2. The summed E-state index contributed by atoms with van der Waals surface area (Å²) in [5.74, 6) is -0.129. The highest BCUT2D eigenvalue weighted by atomic mass is 16.2. The SMILES string of the molecule is CCc1nc2c(C)cccn2c1C(=O)Nc1ccccc1. The number of aryl methyl sites for hydroxylation is 2. The van der Waals surface area contributed by atoms with Crippen LogP contribution in [0.5, 0.6) is 0 Å². The fraction of sp³-hybridized carbons (Fsp3) is 0.176. The number of carbonyl (C=O) groups excluding carboxylic acids is 1. The Bertz CT molecular complexity index is 790. The topological polar surface area (TPSA) is 46.4 Å². The molecule has 0 aliphatic carbocycles. The van der Waals surface area contributed by atoms with Gasteiger partial charge in [-0.25, -0.2) is 4.98 Å². The second-order valence-electron chi connectivity index (χ2n) is 4.97. The summed E-state index contributed by atoms with van der Waals surface area (Å²) in [6.45, 7) is 4.01. The highest BCUT2D eigenvalue weighted by Gasteiger charge is 2.18. The number of amides is 1. The van der Waals surface area contributed by atoms with Gasteiger partial charge in [-0.3, -0.25) is 9.20 Å². The minimum atomic E-state index is -0.129. The lowest BCUT2D eigenvalue weighted by molar-refractivity contribution is 0.102. The highest BCUT2D eigenvalue weighted by molar-refractivity contribution is 6.04. The van der Waals surface area contributed by atoms with E-state index in [9.17, 15) is 4.79 Å². The van der Waals surface area contributed by atoms with Gasteiger partial charge in [-0.2, -0.15) is 0 Å². The van der Waals surface area contributed by atoms with E-state index in [1.807, 2.05) is 66.9 Å². The van der Waals surface area contributed by atoms with Gasteiger partial charge in [0.25, 0.3) is 5.91 Å². The van der Waals surface area contributed by atoms with Crippen LogP contribution >= 0.6 is 0 Å². The summed E-state index contributed by atoms with van der Waals surface area (Å²) in [6.07, 6.45) is 2.60. The Kier molecular flexibility index (Phi) is 3.44. The molecule has 2 heterocycles. The number of rotatable bonds is 3. The van der Waals surface area contributed by atoms with Crippen molar-refractivity contribution in [3.63, 3.8) is 0 Å². The van der Waals surface area contributed by atoms with Crippen molar-refractivity contribution in [3.8, 4) is 0 Å². The first kappa shape index (κ1) is 13.4. The molecule has 0 radical (unpaired) electrons. The summed E-state index contributed by atoms with van der Waals surface area (Å²) in [7, 11) is 0. The van der Waals surface area contributed by atoms with Crippen molar-refractivity contribution in [1.29, 1.82) is 0 Å². The molecule has 0 atom stereocenters. The maximum atomic E-state index is 12.6. The number of carbonyl (C=O) groups is 1. The molecule has 0 aliphatic rings. The first-order valence-corrected chi connectivity index (χ1v) is 7.03. The molecule has 1 N–H and O–H groups in total. The Morgan fingerprint density at radius 1 is 1.19 bits per heavy atom. The van der Waals surface area contributed by atoms with Crippen molar-refractivity contribution in [2.75, 3.05) is 5.32 Å². The Morgan fingerprint density at radius 2 is 1.95 bits per heavy atom. The highest BCUT2D eigenvalue weighted by Crippen LogP contribution is 2.18. The lowest BCUT2D eigenvalue weighted by Gasteiger charge is -2.06. The van der Waals surface area contributed by atoms with Gasteiger partial charge < -0.3 is 5.32 Å².